The maximum Gasteiger partial charge on any atom is 0.418 e. The summed E-state index contributed by atoms with van der Waals surface area (Å²) in [7, 11) is 0. The number of nitriles is 1. The van der Waals surface area contributed by atoms with Crippen LogP contribution in [0.3, 0.4) is 0 Å². The van der Waals surface area contributed by atoms with Crippen LogP contribution in [0.4, 0.5) is 36.1 Å². The Morgan fingerprint density at radius 2 is 1.88 bits per heavy atom. The topological polar surface area (TPSA) is 131 Å². The number of azo groups is 1. The molecule has 2 aromatic carbocycles. The molecule has 8 nitrogen and oxygen atoms in total. The van der Waals surface area contributed by atoms with E-state index in [1.54, 1.807) is 6.92 Å². The SMILES string of the molecule is Cc1c(C#N)c(Cc2ccccc2)nc(N)c1N=Nc1ccc([N+](=O)[O-])cc1C(F)(F)F. The third-order valence-electron chi connectivity index (χ3n) is 4.60. The lowest BCUT2D eigenvalue weighted by Crippen LogP contribution is -2.06. The van der Waals surface area contributed by atoms with E-state index in [0.717, 1.165) is 17.7 Å². The van der Waals surface area contributed by atoms with Gasteiger partial charge in [-0.1, -0.05) is 30.3 Å². The number of nitrogen functional groups attached to an aromatic ring is 1. The van der Waals surface area contributed by atoms with Gasteiger partial charge in [0.25, 0.3) is 5.69 Å². The molecule has 3 rings (SSSR count). The van der Waals surface area contributed by atoms with Crippen molar-refractivity contribution in [3.63, 3.8) is 0 Å². The van der Waals surface area contributed by atoms with Crippen LogP contribution in [0.2, 0.25) is 0 Å². The zero-order valence-corrected chi connectivity index (χ0v) is 16.6. The third kappa shape index (κ3) is 4.70. The number of nitrogens with zero attached hydrogens (tertiary/aromatic N) is 5. The van der Waals surface area contributed by atoms with Crippen molar-refractivity contribution in [3.05, 3.63) is 86.6 Å². The zero-order valence-electron chi connectivity index (χ0n) is 16.6. The summed E-state index contributed by atoms with van der Waals surface area (Å²) in [5.74, 6) is -0.105. The van der Waals surface area contributed by atoms with Gasteiger partial charge in [0.15, 0.2) is 5.82 Å². The van der Waals surface area contributed by atoms with E-state index < -0.39 is 28.0 Å². The molecular weight excluding hydrogens is 425 g/mol. The van der Waals surface area contributed by atoms with Crippen molar-refractivity contribution < 1.29 is 18.1 Å². The Labute approximate surface area is 180 Å². The molecule has 0 atom stereocenters. The predicted octanol–water partition coefficient (Wildman–Crippen LogP) is 5.78. The Balaban J connectivity index is 2.05. The molecule has 0 amide bonds. The summed E-state index contributed by atoms with van der Waals surface area (Å²) in [4.78, 5) is 14.1. The maximum absolute atomic E-state index is 13.4. The standard InChI is InChI=1S/C21H15F3N6O2/c1-12-15(11-25)18(9-13-5-3-2-4-6-13)27-20(26)19(12)29-28-17-8-7-14(30(31)32)10-16(17)21(22,23)24/h2-8,10H,9H2,1H3,(H2,26,27). The van der Waals surface area contributed by atoms with Gasteiger partial charge in [-0.25, -0.2) is 4.98 Å². The number of non-ortho nitro benzene ring substituents is 1. The Bertz CT molecular complexity index is 1250. The number of pyridine rings is 1. The summed E-state index contributed by atoms with van der Waals surface area (Å²) in [6.45, 7) is 1.54. The molecule has 0 fully saturated rings. The van der Waals surface area contributed by atoms with Gasteiger partial charge in [0, 0.05) is 18.6 Å². The first-order valence-corrected chi connectivity index (χ1v) is 9.12. The number of hydrogen-bond donors (Lipinski definition) is 1. The van der Waals surface area contributed by atoms with E-state index in [1.807, 2.05) is 36.4 Å². The molecule has 0 saturated heterocycles. The maximum atomic E-state index is 13.4. The minimum atomic E-state index is -4.89. The van der Waals surface area contributed by atoms with E-state index in [-0.39, 0.29) is 17.1 Å². The van der Waals surface area contributed by atoms with E-state index in [0.29, 0.717) is 23.7 Å². The molecule has 1 heterocycles. The number of alkyl halides is 3. The van der Waals surface area contributed by atoms with Crippen molar-refractivity contribution >= 4 is 22.9 Å². The van der Waals surface area contributed by atoms with Crippen LogP contribution in [0, 0.1) is 28.4 Å². The second-order valence-corrected chi connectivity index (χ2v) is 6.72. The average molecular weight is 440 g/mol. The molecule has 2 N–H and O–H groups in total. The van der Waals surface area contributed by atoms with Gasteiger partial charge in [0.1, 0.15) is 11.8 Å². The lowest BCUT2D eigenvalue weighted by Gasteiger charge is -2.11. The fraction of sp³-hybridized carbons (Fsp3) is 0.143. The molecule has 11 heteroatoms. The number of nitro benzene ring substituents is 1. The van der Waals surface area contributed by atoms with Gasteiger partial charge in [0.2, 0.25) is 0 Å². The van der Waals surface area contributed by atoms with Crippen molar-refractivity contribution in [2.75, 3.05) is 5.73 Å². The lowest BCUT2D eigenvalue weighted by molar-refractivity contribution is -0.385. The van der Waals surface area contributed by atoms with Crippen LogP contribution < -0.4 is 5.73 Å². The summed E-state index contributed by atoms with van der Waals surface area (Å²) in [6, 6.07) is 13.4. The minimum absolute atomic E-state index is 0.0511. The van der Waals surface area contributed by atoms with E-state index in [4.69, 9.17) is 5.73 Å². The van der Waals surface area contributed by atoms with Crippen LogP contribution in [0.1, 0.15) is 27.9 Å². The van der Waals surface area contributed by atoms with Gasteiger partial charge in [-0.2, -0.15) is 18.4 Å². The first-order chi connectivity index (χ1) is 15.1. The van der Waals surface area contributed by atoms with E-state index in [2.05, 4.69) is 15.2 Å². The number of hydrogen-bond acceptors (Lipinski definition) is 7. The van der Waals surface area contributed by atoms with Gasteiger partial charge in [-0.3, -0.25) is 10.1 Å². The molecule has 0 aliphatic heterocycles. The molecule has 0 saturated carbocycles. The van der Waals surface area contributed by atoms with Crippen LogP contribution in [-0.2, 0) is 12.6 Å². The van der Waals surface area contributed by atoms with Crippen LogP contribution >= 0.6 is 0 Å². The summed E-state index contributed by atoms with van der Waals surface area (Å²) in [5.41, 5.74) is 5.03. The molecule has 0 unspecified atom stereocenters. The Morgan fingerprint density at radius 3 is 2.47 bits per heavy atom. The number of aromatic nitrogens is 1. The number of rotatable bonds is 5. The summed E-state index contributed by atoms with van der Waals surface area (Å²) in [6.07, 6.45) is -4.57. The highest BCUT2D eigenvalue weighted by Gasteiger charge is 2.35. The predicted molar refractivity (Wildman–Crippen MR) is 110 cm³/mol. The first-order valence-electron chi connectivity index (χ1n) is 9.12. The van der Waals surface area contributed by atoms with E-state index in [1.165, 1.54) is 0 Å². The van der Waals surface area contributed by atoms with Crippen molar-refractivity contribution in [2.45, 2.75) is 19.5 Å². The molecule has 162 valence electrons. The number of nitro groups is 1. The second kappa shape index (κ2) is 8.81. The van der Waals surface area contributed by atoms with Gasteiger partial charge in [-0.05, 0) is 24.1 Å². The minimum Gasteiger partial charge on any atom is -0.382 e. The zero-order chi connectivity index (χ0) is 23.5. The molecule has 1 aromatic heterocycles. The summed E-state index contributed by atoms with van der Waals surface area (Å²) >= 11 is 0. The molecular formula is C21H15F3N6O2. The summed E-state index contributed by atoms with van der Waals surface area (Å²) in [5, 5.41) is 27.8. The highest BCUT2D eigenvalue weighted by Crippen LogP contribution is 2.40. The number of benzene rings is 2. The van der Waals surface area contributed by atoms with Crippen LogP contribution in [0.5, 0.6) is 0 Å². The molecule has 32 heavy (non-hydrogen) atoms. The summed E-state index contributed by atoms with van der Waals surface area (Å²) < 4.78 is 40.1. The average Bonchev–Trinajstić information content (AvgIpc) is 2.73. The molecule has 3 aromatic rings. The fourth-order valence-corrected chi connectivity index (χ4v) is 3.03. The van der Waals surface area contributed by atoms with Crippen molar-refractivity contribution in [1.82, 2.24) is 4.98 Å². The quantitative estimate of drug-likeness (QED) is 0.305. The Kier molecular flexibility index (Phi) is 6.15. The number of nitrogens with two attached hydrogens (primary N) is 1. The highest BCUT2D eigenvalue weighted by atomic mass is 19.4. The fourth-order valence-electron chi connectivity index (χ4n) is 3.03. The van der Waals surface area contributed by atoms with Crippen molar-refractivity contribution in [3.8, 4) is 6.07 Å². The van der Waals surface area contributed by atoms with E-state index in [9.17, 15) is 28.5 Å². The third-order valence-corrected chi connectivity index (χ3v) is 4.60. The van der Waals surface area contributed by atoms with Crippen LogP contribution in [-0.4, -0.2) is 9.91 Å². The van der Waals surface area contributed by atoms with Gasteiger partial charge >= 0.3 is 6.18 Å². The normalized spacial score (nSPS) is 11.5. The molecule has 0 bridgehead atoms. The molecule has 0 radical (unpaired) electrons. The van der Waals surface area contributed by atoms with E-state index >= 15 is 0 Å². The number of anilines is 1. The van der Waals surface area contributed by atoms with Crippen LogP contribution in [0.15, 0.2) is 58.8 Å². The molecule has 0 spiro atoms. The smallest absolute Gasteiger partial charge is 0.382 e. The first kappa shape index (κ1) is 22.4. The monoisotopic (exact) mass is 440 g/mol. The largest absolute Gasteiger partial charge is 0.418 e. The van der Waals surface area contributed by atoms with Crippen molar-refractivity contribution in [1.29, 1.82) is 5.26 Å². The Hall–Kier alpha value is -4.33. The van der Waals surface area contributed by atoms with Crippen molar-refractivity contribution in [2.24, 2.45) is 10.2 Å². The second-order valence-electron chi connectivity index (χ2n) is 6.72. The Morgan fingerprint density at radius 1 is 1.19 bits per heavy atom. The van der Waals surface area contributed by atoms with Gasteiger partial charge in [0.05, 0.1) is 27.4 Å². The molecule has 0 aliphatic rings. The number of halogens is 3. The molecule has 0 aliphatic carbocycles. The van der Waals surface area contributed by atoms with Crippen LogP contribution in [0.25, 0.3) is 0 Å². The van der Waals surface area contributed by atoms with Gasteiger partial charge < -0.3 is 5.73 Å². The highest BCUT2D eigenvalue weighted by molar-refractivity contribution is 5.68. The lowest BCUT2D eigenvalue weighted by atomic mass is 10.0. The van der Waals surface area contributed by atoms with Gasteiger partial charge in [-0.15, -0.1) is 10.2 Å².